The minimum absolute atomic E-state index is 0.0454. The van der Waals surface area contributed by atoms with E-state index in [1.165, 1.54) is 6.07 Å². The Bertz CT molecular complexity index is 668. The van der Waals surface area contributed by atoms with Gasteiger partial charge < -0.3 is 9.52 Å². The molecule has 108 valence electrons. The first-order valence-electron chi connectivity index (χ1n) is 6.72. The van der Waals surface area contributed by atoms with E-state index < -0.39 is 5.97 Å². The van der Waals surface area contributed by atoms with E-state index >= 15 is 0 Å². The third kappa shape index (κ3) is 3.36. The highest BCUT2D eigenvalue weighted by atomic mass is 32.2. The van der Waals surface area contributed by atoms with Gasteiger partial charge in [-0.2, -0.15) is 0 Å². The van der Waals surface area contributed by atoms with Gasteiger partial charge in [0.2, 0.25) is 5.76 Å². The molecular formula is C16H14O4S. The van der Waals surface area contributed by atoms with E-state index in [1.54, 1.807) is 17.8 Å². The van der Waals surface area contributed by atoms with Gasteiger partial charge in [-0.1, -0.05) is 12.1 Å². The fourth-order valence-electron chi connectivity index (χ4n) is 2.02. The molecule has 1 N–H and O–H groups in total. The number of carboxylic acids is 1. The van der Waals surface area contributed by atoms with Crippen molar-refractivity contribution in [3.05, 3.63) is 53.5 Å². The Hall–Kier alpha value is -2.01. The Morgan fingerprint density at radius 2 is 1.86 bits per heavy atom. The monoisotopic (exact) mass is 302 g/mol. The highest BCUT2D eigenvalue weighted by Crippen LogP contribution is 2.33. The lowest BCUT2D eigenvalue weighted by atomic mass is 10.1. The first kappa shape index (κ1) is 13.9. The molecule has 1 heterocycles. The van der Waals surface area contributed by atoms with E-state index in [-0.39, 0.29) is 17.5 Å². The summed E-state index contributed by atoms with van der Waals surface area (Å²) in [5, 5.41) is 8.78. The summed E-state index contributed by atoms with van der Waals surface area (Å²) in [7, 11) is 0. The molecule has 0 bridgehead atoms. The summed E-state index contributed by atoms with van der Waals surface area (Å²) in [6.45, 7) is 0. The van der Waals surface area contributed by atoms with Gasteiger partial charge in [-0.3, -0.25) is 4.79 Å². The van der Waals surface area contributed by atoms with Gasteiger partial charge in [-0.25, -0.2) is 4.79 Å². The van der Waals surface area contributed by atoms with Gasteiger partial charge in [0.1, 0.15) is 5.76 Å². The van der Waals surface area contributed by atoms with Crippen molar-refractivity contribution < 1.29 is 19.1 Å². The largest absolute Gasteiger partial charge is 0.475 e. The van der Waals surface area contributed by atoms with E-state index in [0.717, 1.165) is 23.3 Å². The fourth-order valence-corrected chi connectivity index (χ4v) is 2.81. The van der Waals surface area contributed by atoms with Crippen LogP contribution in [0.25, 0.3) is 0 Å². The number of carboxylic acid groups (broad SMARTS) is 1. The van der Waals surface area contributed by atoms with Crippen LogP contribution in [-0.2, 0) is 5.75 Å². The molecule has 4 nitrogen and oxygen atoms in total. The van der Waals surface area contributed by atoms with Gasteiger partial charge in [-0.05, 0) is 37.1 Å². The van der Waals surface area contributed by atoms with Crippen molar-refractivity contribution in [2.75, 3.05) is 0 Å². The van der Waals surface area contributed by atoms with Crippen molar-refractivity contribution in [1.29, 1.82) is 0 Å². The Morgan fingerprint density at radius 1 is 1.14 bits per heavy atom. The Kier molecular flexibility index (Phi) is 3.84. The minimum Gasteiger partial charge on any atom is -0.475 e. The number of hydrogen-bond acceptors (Lipinski definition) is 4. The maximum Gasteiger partial charge on any atom is 0.371 e. The second-order valence-corrected chi connectivity index (χ2v) is 6.07. The van der Waals surface area contributed by atoms with E-state index in [4.69, 9.17) is 9.52 Å². The average Bonchev–Trinajstić information content (AvgIpc) is 3.23. The molecule has 0 unspecified atom stereocenters. The van der Waals surface area contributed by atoms with E-state index in [9.17, 15) is 9.59 Å². The summed E-state index contributed by atoms with van der Waals surface area (Å²) in [4.78, 5) is 23.6. The molecule has 1 aromatic heterocycles. The molecule has 2 aromatic rings. The van der Waals surface area contributed by atoms with Gasteiger partial charge in [0.15, 0.2) is 5.78 Å². The number of furan rings is 1. The van der Waals surface area contributed by atoms with Crippen LogP contribution in [0.2, 0.25) is 0 Å². The molecule has 0 atom stereocenters. The minimum atomic E-state index is -1.06. The zero-order chi connectivity index (χ0) is 14.8. The number of ketones is 1. The molecule has 0 aliphatic heterocycles. The van der Waals surface area contributed by atoms with Crippen molar-refractivity contribution in [3.8, 4) is 0 Å². The average molecular weight is 302 g/mol. The van der Waals surface area contributed by atoms with Crippen LogP contribution in [0.15, 0.2) is 45.7 Å². The van der Waals surface area contributed by atoms with Crippen LogP contribution in [-0.4, -0.2) is 16.9 Å². The second kappa shape index (κ2) is 5.77. The maximum absolute atomic E-state index is 11.9. The van der Waals surface area contributed by atoms with Crippen LogP contribution in [0.1, 0.15) is 39.5 Å². The zero-order valence-electron chi connectivity index (χ0n) is 11.2. The maximum atomic E-state index is 11.9. The highest BCUT2D eigenvalue weighted by Gasteiger charge is 2.30. The number of rotatable bonds is 6. The quantitative estimate of drug-likeness (QED) is 0.648. The van der Waals surface area contributed by atoms with Crippen molar-refractivity contribution in [1.82, 2.24) is 0 Å². The third-order valence-electron chi connectivity index (χ3n) is 3.34. The van der Waals surface area contributed by atoms with E-state index in [0.29, 0.717) is 11.5 Å². The highest BCUT2D eigenvalue weighted by molar-refractivity contribution is 7.98. The number of Topliss-reactive ketones (excluding diaryl/α,β-unsaturated/α-hetero) is 1. The fraction of sp³-hybridized carbons (Fsp3) is 0.250. The number of carbonyl (C=O) groups is 2. The van der Waals surface area contributed by atoms with Crippen LogP contribution < -0.4 is 0 Å². The standard InChI is InChI=1S/C16H14O4S/c17-15(10-1-2-10)11-3-6-13(7-4-11)21-9-12-5-8-14(20-12)16(18)19/h3-8,10H,1-2,9H2,(H,18,19). The molecule has 3 rings (SSSR count). The van der Waals surface area contributed by atoms with Gasteiger partial charge in [0.25, 0.3) is 0 Å². The molecule has 1 aliphatic rings. The van der Waals surface area contributed by atoms with Crippen LogP contribution in [0, 0.1) is 5.92 Å². The van der Waals surface area contributed by atoms with Gasteiger partial charge >= 0.3 is 5.97 Å². The summed E-state index contributed by atoms with van der Waals surface area (Å²) in [5.41, 5.74) is 0.771. The molecule has 0 amide bonds. The Morgan fingerprint density at radius 3 is 2.43 bits per heavy atom. The molecule has 1 aliphatic carbocycles. The zero-order valence-corrected chi connectivity index (χ0v) is 12.1. The molecule has 1 saturated carbocycles. The van der Waals surface area contributed by atoms with Crippen LogP contribution in [0.3, 0.4) is 0 Å². The third-order valence-corrected chi connectivity index (χ3v) is 4.37. The lowest BCUT2D eigenvalue weighted by Crippen LogP contribution is -2.00. The lowest BCUT2D eigenvalue weighted by molar-refractivity contribution is 0.0660. The smallest absolute Gasteiger partial charge is 0.371 e. The summed E-state index contributed by atoms with van der Waals surface area (Å²) in [5.74, 6) is 0.550. The van der Waals surface area contributed by atoms with Crippen LogP contribution in [0.5, 0.6) is 0 Å². The van der Waals surface area contributed by atoms with E-state index in [1.807, 2.05) is 24.3 Å². The normalized spacial score (nSPS) is 14.1. The molecule has 0 radical (unpaired) electrons. The molecule has 5 heteroatoms. The van der Waals surface area contributed by atoms with Crippen LogP contribution in [0.4, 0.5) is 0 Å². The predicted octanol–water partition coefficient (Wildman–Crippen LogP) is 3.86. The second-order valence-electron chi connectivity index (χ2n) is 5.02. The predicted molar refractivity (Wildman–Crippen MR) is 78.7 cm³/mol. The summed E-state index contributed by atoms with van der Waals surface area (Å²) >= 11 is 1.55. The molecule has 0 saturated heterocycles. The molecule has 21 heavy (non-hydrogen) atoms. The molecule has 1 aromatic carbocycles. The first-order chi connectivity index (χ1) is 10.1. The van der Waals surface area contributed by atoms with Crippen molar-refractivity contribution >= 4 is 23.5 Å². The summed E-state index contributed by atoms with van der Waals surface area (Å²) < 4.78 is 5.19. The van der Waals surface area contributed by atoms with Crippen molar-refractivity contribution in [2.24, 2.45) is 5.92 Å². The molecule has 1 fully saturated rings. The molecule has 0 spiro atoms. The van der Waals surface area contributed by atoms with Crippen LogP contribution >= 0.6 is 11.8 Å². The SMILES string of the molecule is O=C(O)c1ccc(CSc2ccc(C(=O)C3CC3)cc2)o1. The first-order valence-corrected chi connectivity index (χ1v) is 7.71. The van der Waals surface area contributed by atoms with E-state index in [2.05, 4.69) is 0 Å². The number of hydrogen-bond donors (Lipinski definition) is 1. The van der Waals surface area contributed by atoms with Gasteiger partial charge in [-0.15, -0.1) is 11.8 Å². The van der Waals surface area contributed by atoms with Crippen molar-refractivity contribution in [3.63, 3.8) is 0 Å². The topological polar surface area (TPSA) is 67.5 Å². The Labute approximate surface area is 126 Å². The number of benzene rings is 1. The summed E-state index contributed by atoms with van der Waals surface area (Å²) in [6.07, 6.45) is 2.03. The number of thioether (sulfide) groups is 1. The van der Waals surface area contributed by atoms with Gasteiger partial charge in [0.05, 0.1) is 5.75 Å². The summed E-state index contributed by atoms with van der Waals surface area (Å²) in [6, 6.07) is 10.7. The number of carbonyl (C=O) groups excluding carboxylic acids is 1. The Balaban J connectivity index is 1.59. The number of aromatic carboxylic acids is 1. The molecular weight excluding hydrogens is 288 g/mol. The van der Waals surface area contributed by atoms with Crippen molar-refractivity contribution in [2.45, 2.75) is 23.5 Å². The lowest BCUT2D eigenvalue weighted by Gasteiger charge is -2.02. The van der Waals surface area contributed by atoms with Gasteiger partial charge in [0, 0.05) is 16.4 Å².